The number of hydrogen-bond donors (Lipinski definition) is 2. The maximum atomic E-state index is 12.6. The number of hydrogen-bond acceptors (Lipinski definition) is 4. The Labute approximate surface area is 166 Å². The molecular weight excluding hydrogens is 358 g/mol. The number of nitrogens with one attached hydrogen (secondary N) is 1. The summed E-state index contributed by atoms with van der Waals surface area (Å²) in [5.74, 6) is -0.784. The number of likely N-dealkylation sites (N-methyl/N-ethyl adjacent to an activating group) is 1. The number of amides is 2. The first kappa shape index (κ1) is 20.6. The Morgan fingerprint density at radius 2 is 1.89 bits per heavy atom. The Morgan fingerprint density at radius 1 is 1.21 bits per heavy atom. The molecule has 2 amide bonds. The average molecular weight is 389 g/mol. The van der Waals surface area contributed by atoms with Crippen molar-refractivity contribution in [3.8, 4) is 0 Å². The molecule has 3 rings (SSSR count). The van der Waals surface area contributed by atoms with Crippen molar-refractivity contribution in [1.29, 1.82) is 0 Å². The Hall–Kier alpha value is -2.12. The number of likely N-dealkylation sites (tertiary alicyclic amines) is 1. The summed E-state index contributed by atoms with van der Waals surface area (Å²) in [6.45, 7) is 7.70. The summed E-state index contributed by atoms with van der Waals surface area (Å²) in [5, 5.41) is 12.4. The van der Waals surface area contributed by atoms with Gasteiger partial charge in [-0.25, -0.2) is 4.79 Å². The van der Waals surface area contributed by atoms with E-state index in [1.807, 2.05) is 18.2 Å². The van der Waals surface area contributed by atoms with Gasteiger partial charge in [0.1, 0.15) is 0 Å². The maximum Gasteiger partial charge on any atom is 0.317 e. The molecule has 0 radical (unpaired) electrons. The molecule has 0 saturated carbocycles. The molecular formula is C21H31N3O4. The fourth-order valence-electron chi connectivity index (χ4n) is 4.10. The normalized spacial score (nSPS) is 25.3. The summed E-state index contributed by atoms with van der Waals surface area (Å²) in [6, 6.07) is 10.2. The minimum absolute atomic E-state index is 0.108. The number of ether oxygens (including phenoxy) is 1. The van der Waals surface area contributed by atoms with Crippen molar-refractivity contribution in [2.75, 3.05) is 39.3 Å². The van der Waals surface area contributed by atoms with Crippen molar-refractivity contribution in [2.45, 2.75) is 38.8 Å². The largest absolute Gasteiger partial charge is 0.481 e. The molecule has 2 aliphatic rings. The highest BCUT2D eigenvalue weighted by molar-refractivity contribution is 5.77. The fourth-order valence-corrected chi connectivity index (χ4v) is 4.10. The topological polar surface area (TPSA) is 82.1 Å². The summed E-state index contributed by atoms with van der Waals surface area (Å²) >= 11 is 0. The zero-order valence-corrected chi connectivity index (χ0v) is 16.8. The van der Waals surface area contributed by atoms with Crippen LogP contribution in [0.1, 0.15) is 38.3 Å². The molecule has 7 nitrogen and oxygen atoms in total. The third kappa shape index (κ3) is 4.47. The zero-order chi connectivity index (χ0) is 20.1. The van der Waals surface area contributed by atoms with Gasteiger partial charge in [-0.05, 0) is 31.9 Å². The molecule has 7 heteroatoms. The van der Waals surface area contributed by atoms with E-state index in [0.29, 0.717) is 39.1 Å². The third-order valence-electron chi connectivity index (χ3n) is 6.13. The average Bonchev–Trinajstić information content (AvgIpc) is 2.72. The van der Waals surface area contributed by atoms with Crippen LogP contribution in [0.2, 0.25) is 0 Å². The molecule has 0 aromatic heterocycles. The van der Waals surface area contributed by atoms with Crippen LogP contribution >= 0.6 is 0 Å². The first-order valence-corrected chi connectivity index (χ1v) is 10.1. The van der Waals surface area contributed by atoms with Gasteiger partial charge in [-0.15, -0.1) is 0 Å². The van der Waals surface area contributed by atoms with Gasteiger partial charge in [0.2, 0.25) is 0 Å². The molecule has 0 unspecified atom stereocenters. The number of urea groups is 1. The number of carbonyl (C=O) groups is 2. The number of piperidine rings is 1. The molecule has 2 atom stereocenters. The van der Waals surface area contributed by atoms with Gasteiger partial charge in [0, 0.05) is 26.2 Å². The summed E-state index contributed by atoms with van der Waals surface area (Å²) < 4.78 is 6.03. The molecule has 154 valence electrons. The van der Waals surface area contributed by atoms with E-state index in [0.717, 1.165) is 13.1 Å². The highest BCUT2D eigenvalue weighted by Gasteiger charge is 2.38. The fraction of sp³-hybridized carbons (Fsp3) is 0.619. The van der Waals surface area contributed by atoms with E-state index in [9.17, 15) is 14.7 Å². The minimum atomic E-state index is -0.784. The number of rotatable bonds is 5. The van der Waals surface area contributed by atoms with Crippen molar-refractivity contribution < 1.29 is 19.4 Å². The van der Waals surface area contributed by atoms with Crippen LogP contribution in [0, 0.1) is 5.41 Å². The number of aliphatic carboxylic acids is 1. The molecule has 28 heavy (non-hydrogen) atoms. The van der Waals surface area contributed by atoms with Crippen LogP contribution in [0.25, 0.3) is 0 Å². The Balaban J connectivity index is 1.59. The molecule has 0 aliphatic carbocycles. The molecule has 2 saturated heterocycles. The van der Waals surface area contributed by atoms with Crippen molar-refractivity contribution in [1.82, 2.24) is 15.1 Å². The number of carbonyl (C=O) groups excluding carboxylic acids is 1. The van der Waals surface area contributed by atoms with E-state index in [-0.39, 0.29) is 18.2 Å². The smallest absolute Gasteiger partial charge is 0.317 e. The van der Waals surface area contributed by atoms with Gasteiger partial charge in [0.25, 0.3) is 0 Å². The van der Waals surface area contributed by atoms with Gasteiger partial charge in [-0.2, -0.15) is 0 Å². The predicted octanol–water partition coefficient (Wildman–Crippen LogP) is 2.34. The first-order valence-electron chi connectivity index (χ1n) is 10.1. The van der Waals surface area contributed by atoms with E-state index in [2.05, 4.69) is 29.3 Å². The number of nitrogens with zero attached hydrogens (tertiary/aromatic N) is 2. The van der Waals surface area contributed by atoms with Gasteiger partial charge in [-0.3, -0.25) is 9.69 Å². The third-order valence-corrected chi connectivity index (χ3v) is 6.13. The Morgan fingerprint density at radius 3 is 2.50 bits per heavy atom. The Kier molecular flexibility index (Phi) is 6.57. The zero-order valence-electron chi connectivity index (χ0n) is 16.8. The van der Waals surface area contributed by atoms with E-state index in [4.69, 9.17) is 4.74 Å². The summed E-state index contributed by atoms with van der Waals surface area (Å²) in [5.41, 5.74) is 0.460. The van der Waals surface area contributed by atoms with Gasteiger partial charge < -0.3 is 20.1 Å². The molecule has 0 bridgehead atoms. The molecule has 0 spiro atoms. The number of carboxylic acids is 1. The number of carboxylic acid groups (broad SMARTS) is 1. The SMILES string of the molecule is CCN1CCO[C@@H](CNC(=O)N2CCC(C)(C(=O)O)CC2)[C@@H]1c1ccccc1. The van der Waals surface area contributed by atoms with E-state index in [1.165, 1.54) is 5.56 Å². The molecule has 2 heterocycles. The highest BCUT2D eigenvalue weighted by atomic mass is 16.5. The minimum Gasteiger partial charge on any atom is -0.481 e. The van der Waals surface area contributed by atoms with Crippen molar-refractivity contribution in [2.24, 2.45) is 5.41 Å². The second-order valence-electron chi connectivity index (χ2n) is 7.93. The van der Waals surface area contributed by atoms with Crippen molar-refractivity contribution in [3.63, 3.8) is 0 Å². The number of benzene rings is 1. The quantitative estimate of drug-likeness (QED) is 0.808. The van der Waals surface area contributed by atoms with Crippen LogP contribution in [0.4, 0.5) is 4.79 Å². The lowest BCUT2D eigenvalue weighted by atomic mass is 9.80. The molecule has 1 aromatic carbocycles. The van der Waals surface area contributed by atoms with Gasteiger partial charge in [-0.1, -0.05) is 37.3 Å². The van der Waals surface area contributed by atoms with Crippen LogP contribution in [-0.2, 0) is 9.53 Å². The standard InChI is InChI=1S/C21H31N3O4/c1-3-23-13-14-28-17(18(23)16-7-5-4-6-8-16)15-22-20(27)24-11-9-21(2,10-12-24)19(25)26/h4-8,17-18H,3,9-15H2,1-2H3,(H,22,27)(H,25,26)/t17-,18-/m0/s1. The van der Waals surface area contributed by atoms with E-state index < -0.39 is 11.4 Å². The van der Waals surface area contributed by atoms with Crippen molar-refractivity contribution >= 4 is 12.0 Å². The molecule has 2 N–H and O–H groups in total. The summed E-state index contributed by atoms with van der Waals surface area (Å²) in [4.78, 5) is 28.1. The lowest BCUT2D eigenvalue weighted by Gasteiger charge is -2.41. The highest BCUT2D eigenvalue weighted by Crippen LogP contribution is 2.31. The van der Waals surface area contributed by atoms with Crippen LogP contribution in [-0.4, -0.2) is 72.3 Å². The van der Waals surface area contributed by atoms with Crippen LogP contribution in [0.5, 0.6) is 0 Å². The van der Waals surface area contributed by atoms with Gasteiger partial charge in [0.15, 0.2) is 0 Å². The van der Waals surface area contributed by atoms with Crippen LogP contribution in [0.15, 0.2) is 30.3 Å². The first-order chi connectivity index (χ1) is 13.4. The van der Waals surface area contributed by atoms with E-state index in [1.54, 1.807) is 11.8 Å². The number of morpholine rings is 1. The van der Waals surface area contributed by atoms with Crippen LogP contribution in [0.3, 0.4) is 0 Å². The van der Waals surface area contributed by atoms with Crippen molar-refractivity contribution in [3.05, 3.63) is 35.9 Å². The molecule has 1 aromatic rings. The second-order valence-corrected chi connectivity index (χ2v) is 7.93. The van der Waals surface area contributed by atoms with Crippen LogP contribution < -0.4 is 5.32 Å². The van der Waals surface area contributed by atoms with E-state index >= 15 is 0 Å². The molecule has 2 fully saturated rings. The lowest BCUT2D eigenvalue weighted by Crippen LogP contribution is -2.53. The van der Waals surface area contributed by atoms with Gasteiger partial charge in [0.05, 0.1) is 24.2 Å². The van der Waals surface area contributed by atoms with Gasteiger partial charge >= 0.3 is 12.0 Å². The summed E-state index contributed by atoms with van der Waals surface area (Å²) in [7, 11) is 0. The second kappa shape index (κ2) is 8.92. The lowest BCUT2D eigenvalue weighted by molar-refractivity contribution is -0.150. The summed E-state index contributed by atoms with van der Waals surface area (Å²) in [6.07, 6.45) is 0.840. The monoisotopic (exact) mass is 389 g/mol. The molecule has 2 aliphatic heterocycles. The maximum absolute atomic E-state index is 12.6. The predicted molar refractivity (Wildman–Crippen MR) is 106 cm³/mol. The Bertz CT molecular complexity index is 673.